The highest BCUT2D eigenvalue weighted by atomic mass is 35.7. The van der Waals surface area contributed by atoms with E-state index in [0.29, 0.717) is 24.3 Å². The van der Waals surface area contributed by atoms with Crippen LogP contribution in [0.4, 0.5) is 0 Å². The minimum Gasteiger partial charge on any atom is -0.483 e. The molecule has 0 saturated carbocycles. The number of hydrogen-bond donors (Lipinski definition) is 1. The van der Waals surface area contributed by atoms with Crippen molar-refractivity contribution in [2.45, 2.75) is 25.2 Å². The standard InChI is InChI=1S/C12H16ClNO4S/c1-3-9-7-10(19(13,16)17)5-6-11(9)18-8-12(15)14-4-2/h5-7H,3-4,8H2,1-2H3,(H,14,15). The number of halogens is 1. The second kappa shape index (κ2) is 6.77. The van der Waals surface area contributed by atoms with Crippen LogP contribution in [0.1, 0.15) is 19.4 Å². The van der Waals surface area contributed by atoms with E-state index >= 15 is 0 Å². The van der Waals surface area contributed by atoms with Crippen molar-refractivity contribution in [3.63, 3.8) is 0 Å². The number of ether oxygens (including phenoxy) is 1. The number of likely N-dealkylation sites (N-methyl/N-ethyl adjacent to an activating group) is 1. The van der Waals surface area contributed by atoms with Gasteiger partial charge in [-0.1, -0.05) is 6.92 Å². The zero-order chi connectivity index (χ0) is 14.5. The number of carbonyl (C=O) groups excluding carboxylic acids is 1. The first kappa shape index (κ1) is 15.8. The van der Waals surface area contributed by atoms with Gasteiger partial charge in [-0.25, -0.2) is 8.42 Å². The lowest BCUT2D eigenvalue weighted by atomic mass is 10.1. The average molecular weight is 306 g/mol. The largest absolute Gasteiger partial charge is 0.483 e. The summed E-state index contributed by atoms with van der Waals surface area (Å²) in [5.74, 6) is 0.261. The number of nitrogens with one attached hydrogen (secondary N) is 1. The Hall–Kier alpha value is -1.27. The van der Waals surface area contributed by atoms with E-state index in [-0.39, 0.29) is 17.4 Å². The molecule has 1 aromatic rings. The lowest BCUT2D eigenvalue weighted by Crippen LogP contribution is -2.28. The molecule has 0 aliphatic carbocycles. The predicted molar refractivity (Wildman–Crippen MR) is 73.0 cm³/mol. The van der Waals surface area contributed by atoms with Crippen LogP contribution in [0.15, 0.2) is 23.1 Å². The van der Waals surface area contributed by atoms with Crippen molar-refractivity contribution in [1.82, 2.24) is 5.32 Å². The van der Waals surface area contributed by atoms with Crippen molar-refractivity contribution >= 4 is 25.6 Å². The van der Waals surface area contributed by atoms with Crippen LogP contribution in [-0.2, 0) is 20.3 Å². The molecule has 1 N–H and O–H groups in total. The maximum atomic E-state index is 11.3. The molecular weight excluding hydrogens is 290 g/mol. The van der Waals surface area contributed by atoms with Gasteiger partial charge < -0.3 is 10.1 Å². The van der Waals surface area contributed by atoms with Crippen molar-refractivity contribution in [2.24, 2.45) is 0 Å². The van der Waals surface area contributed by atoms with Crippen LogP contribution in [0.5, 0.6) is 5.75 Å². The first-order chi connectivity index (χ1) is 8.88. The fourth-order valence-corrected chi connectivity index (χ4v) is 2.32. The molecule has 0 fully saturated rings. The molecule has 0 aliphatic heterocycles. The Morgan fingerprint density at radius 2 is 2.05 bits per heavy atom. The molecule has 19 heavy (non-hydrogen) atoms. The molecule has 1 aromatic carbocycles. The fourth-order valence-electron chi connectivity index (χ4n) is 1.52. The van der Waals surface area contributed by atoms with Gasteiger partial charge in [0, 0.05) is 17.2 Å². The highest BCUT2D eigenvalue weighted by Crippen LogP contribution is 2.25. The molecule has 0 bridgehead atoms. The molecule has 5 nitrogen and oxygen atoms in total. The third-order valence-electron chi connectivity index (χ3n) is 2.43. The Balaban J connectivity index is 2.88. The van der Waals surface area contributed by atoms with E-state index < -0.39 is 9.05 Å². The number of carbonyl (C=O) groups is 1. The minimum absolute atomic E-state index is 0.0244. The Morgan fingerprint density at radius 3 is 2.58 bits per heavy atom. The van der Waals surface area contributed by atoms with E-state index in [9.17, 15) is 13.2 Å². The first-order valence-electron chi connectivity index (χ1n) is 5.85. The molecule has 0 atom stereocenters. The van der Waals surface area contributed by atoms with E-state index in [4.69, 9.17) is 15.4 Å². The first-order valence-corrected chi connectivity index (χ1v) is 8.16. The topological polar surface area (TPSA) is 72.5 Å². The monoisotopic (exact) mass is 305 g/mol. The molecule has 0 saturated heterocycles. The van der Waals surface area contributed by atoms with Crippen LogP contribution in [0.3, 0.4) is 0 Å². The molecule has 7 heteroatoms. The summed E-state index contributed by atoms with van der Waals surface area (Å²) in [7, 11) is 1.52. The van der Waals surface area contributed by atoms with E-state index in [1.807, 2.05) is 13.8 Å². The minimum atomic E-state index is -3.75. The van der Waals surface area contributed by atoms with Crippen molar-refractivity contribution in [3.8, 4) is 5.75 Å². The number of amides is 1. The average Bonchev–Trinajstić information content (AvgIpc) is 2.35. The molecule has 0 unspecified atom stereocenters. The van der Waals surface area contributed by atoms with E-state index in [1.165, 1.54) is 18.2 Å². The van der Waals surface area contributed by atoms with Crippen LogP contribution in [-0.4, -0.2) is 27.5 Å². The normalized spacial score (nSPS) is 11.1. The summed E-state index contributed by atoms with van der Waals surface area (Å²) in [5, 5.41) is 2.61. The quantitative estimate of drug-likeness (QED) is 0.812. The third-order valence-corrected chi connectivity index (χ3v) is 3.78. The van der Waals surface area contributed by atoms with Crippen LogP contribution >= 0.6 is 10.7 Å². The summed E-state index contributed by atoms with van der Waals surface area (Å²) in [4.78, 5) is 11.3. The highest BCUT2D eigenvalue weighted by molar-refractivity contribution is 8.13. The lowest BCUT2D eigenvalue weighted by Gasteiger charge is -2.11. The summed E-state index contributed by atoms with van der Waals surface area (Å²) in [6, 6.07) is 4.32. The summed E-state index contributed by atoms with van der Waals surface area (Å²) >= 11 is 0. The smallest absolute Gasteiger partial charge is 0.261 e. The lowest BCUT2D eigenvalue weighted by molar-refractivity contribution is -0.122. The molecular formula is C12H16ClNO4S. The van der Waals surface area contributed by atoms with Crippen molar-refractivity contribution in [2.75, 3.05) is 13.2 Å². The number of aryl methyl sites for hydroxylation is 1. The summed E-state index contributed by atoms with van der Waals surface area (Å²) in [5.41, 5.74) is 0.686. The van der Waals surface area contributed by atoms with Gasteiger partial charge in [0.05, 0.1) is 4.90 Å². The second-order valence-electron chi connectivity index (χ2n) is 3.80. The number of hydrogen-bond acceptors (Lipinski definition) is 4. The maximum absolute atomic E-state index is 11.3. The van der Waals surface area contributed by atoms with Gasteiger partial charge in [0.2, 0.25) is 0 Å². The van der Waals surface area contributed by atoms with Gasteiger partial charge in [-0.05, 0) is 37.1 Å². The number of rotatable bonds is 6. The summed E-state index contributed by atoms with van der Waals surface area (Å²) in [6.45, 7) is 4.11. The maximum Gasteiger partial charge on any atom is 0.261 e. The second-order valence-corrected chi connectivity index (χ2v) is 6.37. The molecule has 1 rings (SSSR count). The number of benzene rings is 1. The van der Waals surface area contributed by atoms with Gasteiger partial charge in [-0.15, -0.1) is 0 Å². The summed E-state index contributed by atoms with van der Waals surface area (Å²) in [6.07, 6.45) is 0.574. The van der Waals surface area contributed by atoms with Gasteiger partial charge in [0.15, 0.2) is 6.61 Å². The van der Waals surface area contributed by atoms with Crippen molar-refractivity contribution < 1.29 is 17.9 Å². The zero-order valence-corrected chi connectivity index (χ0v) is 12.3. The van der Waals surface area contributed by atoms with Crippen LogP contribution in [0.25, 0.3) is 0 Å². The summed E-state index contributed by atoms with van der Waals surface area (Å²) < 4.78 is 27.8. The van der Waals surface area contributed by atoms with Gasteiger partial charge in [-0.3, -0.25) is 4.79 Å². The van der Waals surface area contributed by atoms with Gasteiger partial charge in [0.1, 0.15) is 5.75 Å². The van der Waals surface area contributed by atoms with Gasteiger partial charge >= 0.3 is 0 Å². The Kier molecular flexibility index (Phi) is 5.62. The van der Waals surface area contributed by atoms with E-state index in [0.717, 1.165) is 0 Å². The molecule has 0 aliphatic rings. The van der Waals surface area contributed by atoms with Gasteiger partial charge in [-0.2, -0.15) is 0 Å². The fraction of sp³-hybridized carbons (Fsp3) is 0.417. The Morgan fingerprint density at radius 1 is 1.37 bits per heavy atom. The molecule has 106 valence electrons. The zero-order valence-electron chi connectivity index (χ0n) is 10.8. The van der Waals surface area contributed by atoms with Crippen LogP contribution in [0.2, 0.25) is 0 Å². The van der Waals surface area contributed by atoms with Crippen molar-refractivity contribution in [1.29, 1.82) is 0 Å². The molecule has 0 spiro atoms. The van der Waals surface area contributed by atoms with Crippen LogP contribution < -0.4 is 10.1 Å². The molecule has 0 aromatic heterocycles. The predicted octanol–water partition coefficient (Wildman–Crippen LogP) is 1.69. The molecule has 0 radical (unpaired) electrons. The Labute approximate surface area is 117 Å². The van der Waals surface area contributed by atoms with Gasteiger partial charge in [0.25, 0.3) is 15.0 Å². The SMILES string of the molecule is CCNC(=O)COc1ccc(S(=O)(=O)Cl)cc1CC. The van der Waals surface area contributed by atoms with Crippen molar-refractivity contribution in [3.05, 3.63) is 23.8 Å². The van der Waals surface area contributed by atoms with E-state index in [1.54, 1.807) is 0 Å². The molecule has 1 amide bonds. The third kappa shape index (κ3) is 4.72. The van der Waals surface area contributed by atoms with E-state index in [2.05, 4.69) is 5.32 Å². The highest BCUT2D eigenvalue weighted by Gasteiger charge is 2.13. The Bertz CT molecular complexity index is 557. The molecule has 0 heterocycles. The van der Waals surface area contributed by atoms with Crippen LogP contribution in [0, 0.1) is 0 Å².